The number of ether oxygens (including phenoxy) is 1. The molecule has 0 radical (unpaired) electrons. The molecule has 3 heterocycles. The molecule has 0 atom stereocenters. The highest BCUT2D eigenvalue weighted by Crippen LogP contribution is 2.27. The summed E-state index contributed by atoms with van der Waals surface area (Å²) in [5.41, 5.74) is 1.44. The fraction of sp³-hybridized carbons (Fsp3) is 0.474. The minimum atomic E-state index is -0.999. The Labute approximate surface area is 157 Å². The van der Waals surface area contributed by atoms with Gasteiger partial charge in [-0.15, -0.1) is 0 Å². The van der Waals surface area contributed by atoms with Crippen molar-refractivity contribution in [3.05, 3.63) is 41.3 Å². The lowest BCUT2D eigenvalue weighted by atomic mass is 10.1. The van der Waals surface area contributed by atoms with Crippen LogP contribution in [0.15, 0.2) is 24.5 Å². The number of fused-ring (bicyclic) bond motifs is 1. The molecular formula is C19H24N4O4. The number of aromatic carboxylic acids is 1. The van der Waals surface area contributed by atoms with E-state index < -0.39 is 11.6 Å². The second kappa shape index (κ2) is 7.38. The molecule has 1 N–H and O–H groups in total. The van der Waals surface area contributed by atoms with Gasteiger partial charge in [0.1, 0.15) is 11.4 Å². The Morgan fingerprint density at radius 2 is 2.07 bits per heavy atom. The van der Waals surface area contributed by atoms with Gasteiger partial charge in [0, 0.05) is 31.4 Å². The van der Waals surface area contributed by atoms with E-state index in [2.05, 4.69) is 10.1 Å². The van der Waals surface area contributed by atoms with Gasteiger partial charge in [-0.2, -0.15) is 5.10 Å². The second-order valence-electron chi connectivity index (χ2n) is 7.57. The lowest BCUT2D eigenvalue weighted by Crippen LogP contribution is -2.40. The molecule has 3 rings (SSSR count). The number of aryl methyl sites for hydroxylation is 3. The average Bonchev–Trinajstić information content (AvgIpc) is 3.07. The number of anilines is 1. The van der Waals surface area contributed by atoms with Gasteiger partial charge in [0.15, 0.2) is 0 Å². The third-order valence-corrected chi connectivity index (χ3v) is 4.19. The first-order valence-electron chi connectivity index (χ1n) is 8.98. The summed E-state index contributed by atoms with van der Waals surface area (Å²) in [5.74, 6) is -0.346. The van der Waals surface area contributed by atoms with E-state index in [0.717, 1.165) is 24.1 Å². The first kappa shape index (κ1) is 18.9. The maximum atomic E-state index is 12.5. The summed E-state index contributed by atoms with van der Waals surface area (Å²) < 4.78 is 7.09. The van der Waals surface area contributed by atoms with E-state index in [4.69, 9.17) is 9.84 Å². The molecule has 8 heteroatoms. The van der Waals surface area contributed by atoms with Gasteiger partial charge in [-0.25, -0.2) is 14.6 Å². The third kappa shape index (κ3) is 4.64. The van der Waals surface area contributed by atoms with E-state index in [1.54, 1.807) is 9.58 Å². The summed E-state index contributed by atoms with van der Waals surface area (Å²) in [7, 11) is 0. The van der Waals surface area contributed by atoms with Crippen LogP contribution in [-0.2, 0) is 24.1 Å². The molecule has 0 saturated heterocycles. The Morgan fingerprint density at radius 3 is 2.74 bits per heavy atom. The van der Waals surface area contributed by atoms with Crippen molar-refractivity contribution in [2.75, 3.05) is 11.4 Å². The van der Waals surface area contributed by atoms with Crippen molar-refractivity contribution in [3.8, 4) is 0 Å². The van der Waals surface area contributed by atoms with Gasteiger partial charge in [0.2, 0.25) is 0 Å². The second-order valence-corrected chi connectivity index (χ2v) is 7.57. The summed E-state index contributed by atoms with van der Waals surface area (Å²) >= 11 is 0. The van der Waals surface area contributed by atoms with Crippen molar-refractivity contribution in [1.82, 2.24) is 14.8 Å². The average molecular weight is 372 g/mol. The van der Waals surface area contributed by atoms with Crippen LogP contribution >= 0.6 is 0 Å². The predicted molar refractivity (Wildman–Crippen MR) is 99.0 cm³/mol. The number of carboxylic acids is 1. The van der Waals surface area contributed by atoms with Crippen molar-refractivity contribution >= 4 is 17.9 Å². The molecule has 27 heavy (non-hydrogen) atoms. The minimum absolute atomic E-state index is 0.157. The molecule has 0 bridgehead atoms. The fourth-order valence-corrected chi connectivity index (χ4v) is 2.94. The van der Waals surface area contributed by atoms with Crippen LogP contribution in [0.1, 0.15) is 48.8 Å². The lowest BCUT2D eigenvalue weighted by molar-refractivity contribution is 0.0575. The maximum absolute atomic E-state index is 12.5. The van der Waals surface area contributed by atoms with Gasteiger partial charge in [-0.1, -0.05) is 6.07 Å². The smallest absolute Gasteiger partial charge is 0.416 e. The number of rotatable bonds is 4. The first-order valence-corrected chi connectivity index (χ1v) is 8.98. The van der Waals surface area contributed by atoms with Crippen LogP contribution < -0.4 is 4.90 Å². The maximum Gasteiger partial charge on any atom is 0.416 e. The molecule has 0 fully saturated rings. The van der Waals surface area contributed by atoms with Crippen LogP contribution in [0.2, 0.25) is 0 Å². The molecule has 0 aliphatic carbocycles. The summed E-state index contributed by atoms with van der Waals surface area (Å²) in [5, 5.41) is 13.0. The van der Waals surface area contributed by atoms with E-state index in [1.165, 1.54) is 12.4 Å². The monoisotopic (exact) mass is 372 g/mol. The number of hydrogen-bond donors (Lipinski definition) is 1. The van der Waals surface area contributed by atoms with Gasteiger partial charge in [-0.3, -0.25) is 9.58 Å². The number of carbonyl (C=O) groups is 2. The molecule has 144 valence electrons. The number of carboxylic acid groups (broad SMARTS) is 1. The molecule has 0 aromatic carbocycles. The summed E-state index contributed by atoms with van der Waals surface area (Å²) in [6.07, 6.45) is 4.77. The van der Waals surface area contributed by atoms with Crippen LogP contribution in [0.25, 0.3) is 0 Å². The number of aromatic nitrogens is 3. The third-order valence-electron chi connectivity index (χ3n) is 4.19. The van der Waals surface area contributed by atoms with Gasteiger partial charge < -0.3 is 9.84 Å². The zero-order chi connectivity index (χ0) is 19.6. The molecule has 8 nitrogen and oxygen atoms in total. The Bertz CT molecular complexity index is 854. The Kier molecular flexibility index (Phi) is 5.16. The standard InChI is InChI=1S/C19H24N4O4/c1-19(2,3)27-18(26)23-9-4-5-13-6-7-15(21-16(13)23)8-10-22-12-14(11-20-22)17(24)25/h6-7,11-12H,4-5,8-10H2,1-3H3,(H,24,25). The molecular weight excluding hydrogens is 348 g/mol. The van der Waals surface area contributed by atoms with Crippen LogP contribution in [0.3, 0.4) is 0 Å². The molecule has 2 aromatic heterocycles. The van der Waals surface area contributed by atoms with Crippen molar-refractivity contribution in [2.24, 2.45) is 0 Å². The largest absolute Gasteiger partial charge is 0.478 e. The van der Waals surface area contributed by atoms with Crippen molar-refractivity contribution < 1.29 is 19.4 Å². The minimum Gasteiger partial charge on any atom is -0.478 e. The Balaban J connectivity index is 1.74. The normalized spacial score (nSPS) is 14.0. The lowest BCUT2D eigenvalue weighted by Gasteiger charge is -2.31. The van der Waals surface area contributed by atoms with E-state index in [1.807, 2.05) is 32.9 Å². The SMILES string of the molecule is CC(C)(C)OC(=O)N1CCCc2ccc(CCn3cc(C(=O)O)cn3)nc21. The molecule has 0 unspecified atom stereocenters. The van der Waals surface area contributed by atoms with Crippen LogP contribution in [0.5, 0.6) is 0 Å². The van der Waals surface area contributed by atoms with E-state index >= 15 is 0 Å². The van der Waals surface area contributed by atoms with Crippen molar-refractivity contribution in [1.29, 1.82) is 0 Å². The first-order chi connectivity index (χ1) is 12.7. The molecule has 0 saturated carbocycles. The summed E-state index contributed by atoms with van der Waals surface area (Å²) in [6, 6.07) is 3.94. The Morgan fingerprint density at radius 1 is 1.30 bits per heavy atom. The highest BCUT2D eigenvalue weighted by atomic mass is 16.6. The fourth-order valence-electron chi connectivity index (χ4n) is 2.94. The highest BCUT2D eigenvalue weighted by molar-refractivity contribution is 5.88. The van der Waals surface area contributed by atoms with Crippen LogP contribution in [0, 0.1) is 0 Å². The van der Waals surface area contributed by atoms with Crippen molar-refractivity contribution in [2.45, 2.75) is 52.2 Å². The van der Waals surface area contributed by atoms with Gasteiger partial charge in [0.25, 0.3) is 0 Å². The highest BCUT2D eigenvalue weighted by Gasteiger charge is 2.28. The number of hydrogen-bond acceptors (Lipinski definition) is 5. The van der Waals surface area contributed by atoms with Gasteiger partial charge in [0.05, 0.1) is 11.8 Å². The number of carbonyl (C=O) groups excluding carboxylic acids is 1. The van der Waals surface area contributed by atoms with E-state index in [9.17, 15) is 9.59 Å². The quantitative estimate of drug-likeness (QED) is 0.886. The molecule has 2 aromatic rings. The zero-order valence-electron chi connectivity index (χ0n) is 15.8. The van der Waals surface area contributed by atoms with Gasteiger partial charge in [-0.05, 0) is 45.2 Å². The molecule has 1 aliphatic rings. The summed E-state index contributed by atoms with van der Waals surface area (Å²) in [6.45, 7) is 6.62. The topological polar surface area (TPSA) is 97.5 Å². The predicted octanol–water partition coefficient (Wildman–Crippen LogP) is 2.91. The van der Waals surface area contributed by atoms with Crippen LogP contribution in [-0.4, -0.2) is 44.1 Å². The number of pyridine rings is 1. The summed E-state index contributed by atoms with van der Waals surface area (Å²) in [4.78, 5) is 29.7. The van der Waals surface area contributed by atoms with Crippen LogP contribution in [0.4, 0.5) is 10.6 Å². The van der Waals surface area contributed by atoms with E-state index in [-0.39, 0.29) is 11.7 Å². The molecule has 1 aliphatic heterocycles. The number of amides is 1. The number of nitrogens with zero attached hydrogens (tertiary/aromatic N) is 4. The van der Waals surface area contributed by atoms with Crippen molar-refractivity contribution in [3.63, 3.8) is 0 Å². The zero-order valence-corrected chi connectivity index (χ0v) is 15.8. The van der Waals surface area contributed by atoms with E-state index in [0.29, 0.717) is 25.3 Å². The molecule has 0 spiro atoms. The van der Waals surface area contributed by atoms with Gasteiger partial charge >= 0.3 is 12.1 Å². The molecule has 1 amide bonds. The Hall–Kier alpha value is -2.90.